The summed E-state index contributed by atoms with van der Waals surface area (Å²) in [6.07, 6.45) is 2.10. The number of carbonyl (C=O) groups is 2. The maximum absolute atomic E-state index is 13.5. The van der Waals surface area contributed by atoms with E-state index in [9.17, 15) is 23.1 Å². The summed E-state index contributed by atoms with van der Waals surface area (Å²) in [5.74, 6) is -2.10. The van der Waals surface area contributed by atoms with Gasteiger partial charge in [-0.05, 0) is 48.0 Å². The molecule has 1 amide bonds. The Bertz CT molecular complexity index is 1280. The van der Waals surface area contributed by atoms with Gasteiger partial charge in [-0.3, -0.25) is 20.0 Å². The number of carboxylic acid groups (broad SMARTS) is 1. The fraction of sp³-hybridized carbons (Fsp3) is 0.0909. The Labute approximate surface area is 189 Å². The Hall–Kier alpha value is -4.25. The van der Waals surface area contributed by atoms with Crippen molar-refractivity contribution in [3.63, 3.8) is 0 Å². The maximum Gasteiger partial charge on any atom is 0.305 e. The van der Waals surface area contributed by atoms with E-state index in [1.807, 2.05) is 0 Å². The highest BCUT2D eigenvalue weighted by atomic mass is 32.2. The number of benzene rings is 2. The molecule has 1 aromatic heterocycles. The number of amides is 1. The highest BCUT2D eigenvalue weighted by molar-refractivity contribution is 7.91. The molecule has 2 aromatic carbocycles. The lowest BCUT2D eigenvalue weighted by molar-refractivity contribution is -0.137. The second kappa shape index (κ2) is 9.92. The highest BCUT2D eigenvalue weighted by Crippen LogP contribution is 2.35. The molecule has 0 spiro atoms. The van der Waals surface area contributed by atoms with Gasteiger partial charge in [-0.25, -0.2) is 8.42 Å². The molecule has 10 nitrogen and oxygen atoms in total. The van der Waals surface area contributed by atoms with Gasteiger partial charge in [0.1, 0.15) is 5.25 Å². The smallest absolute Gasteiger partial charge is 0.305 e. The van der Waals surface area contributed by atoms with Gasteiger partial charge in [0.15, 0.2) is 15.8 Å². The van der Waals surface area contributed by atoms with Crippen molar-refractivity contribution in [3.8, 4) is 0 Å². The van der Waals surface area contributed by atoms with Crippen LogP contribution in [-0.4, -0.2) is 36.3 Å². The summed E-state index contributed by atoms with van der Waals surface area (Å²) in [7, 11) is -4.21. The predicted molar refractivity (Wildman–Crippen MR) is 123 cm³/mol. The third-order valence-electron chi connectivity index (χ3n) is 4.66. The number of aromatic nitrogens is 1. The molecule has 1 atom stereocenters. The second-order valence-electron chi connectivity index (χ2n) is 6.98. The third-order valence-corrected chi connectivity index (χ3v) is 6.82. The van der Waals surface area contributed by atoms with E-state index in [0.717, 1.165) is 0 Å². The van der Waals surface area contributed by atoms with Gasteiger partial charge in [0.2, 0.25) is 0 Å². The lowest BCUT2D eigenvalue weighted by Crippen LogP contribution is -2.21. The van der Waals surface area contributed by atoms with Crippen LogP contribution in [0.2, 0.25) is 0 Å². The number of pyridine rings is 1. The van der Waals surface area contributed by atoms with Gasteiger partial charge in [-0.2, -0.15) is 0 Å². The van der Waals surface area contributed by atoms with Crippen molar-refractivity contribution in [2.24, 2.45) is 5.73 Å². The van der Waals surface area contributed by atoms with Crippen LogP contribution in [0.1, 0.15) is 27.6 Å². The molecule has 6 N–H and O–H groups in total. The number of hydrogen-bond donors (Lipinski definition) is 5. The van der Waals surface area contributed by atoms with Gasteiger partial charge in [0.05, 0.1) is 17.0 Å². The molecule has 1 heterocycles. The molecule has 0 bridgehead atoms. The zero-order valence-electron chi connectivity index (χ0n) is 17.2. The zero-order valence-corrected chi connectivity index (χ0v) is 18.0. The number of anilines is 2. The zero-order chi connectivity index (χ0) is 24.0. The number of rotatable bonds is 8. The fourth-order valence-electron chi connectivity index (χ4n) is 3.16. The first-order chi connectivity index (χ1) is 15.7. The van der Waals surface area contributed by atoms with Crippen LogP contribution in [0.5, 0.6) is 0 Å². The Morgan fingerprint density at radius 1 is 1.03 bits per heavy atom. The molecular weight excluding hydrogens is 446 g/mol. The van der Waals surface area contributed by atoms with Crippen LogP contribution < -0.4 is 16.4 Å². The molecule has 0 radical (unpaired) electrons. The van der Waals surface area contributed by atoms with Crippen molar-refractivity contribution >= 4 is 39.0 Å². The minimum absolute atomic E-state index is 0.0210. The molecule has 1 unspecified atom stereocenters. The van der Waals surface area contributed by atoms with Crippen LogP contribution in [0.15, 0.2) is 78.0 Å². The molecule has 0 saturated carbocycles. The topological polar surface area (TPSA) is 175 Å². The van der Waals surface area contributed by atoms with Crippen molar-refractivity contribution in [2.75, 3.05) is 10.6 Å². The van der Waals surface area contributed by atoms with Crippen molar-refractivity contribution in [2.45, 2.75) is 16.6 Å². The van der Waals surface area contributed by atoms with Gasteiger partial charge >= 0.3 is 5.97 Å². The first-order valence-electron chi connectivity index (χ1n) is 9.65. The summed E-state index contributed by atoms with van der Waals surface area (Å²) in [5.41, 5.74) is 6.28. The lowest BCUT2D eigenvalue weighted by atomic mass is 10.1. The number of nitrogens with zero attached hydrogens (tertiary/aromatic N) is 1. The molecule has 0 aliphatic rings. The number of nitrogens with one attached hydrogen (secondary N) is 3. The highest BCUT2D eigenvalue weighted by Gasteiger charge is 2.33. The predicted octanol–water partition coefficient (Wildman–Crippen LogP) is 2.63. The molecule has 0 aliphatic carbocycles. The van der Waals surface area contributed by atoms with Crippen molar-refractivity contribution < 1.29 is 23.1 Å². The van der Waals surface area contributed by atoms with Crippen molar-refractivity contribution in [3.05, 3.63) is 84.2 Å². The number of aliphatic carboxylic acids is 1. The molecule has 0 aliphatic heterocycles. The quantitative estimate of drug-likeness (QED) is 0.248. The molecule has 33 heavy (non-hydrogen) atoms. The van der Waals surface area contributed by atoms with Gasteiger partial charge in [0, 0.05) is 23.6 Å². The number of hydrogen-bond acceptors (Lipinski definition) is 6. The summed E-state index contributed by atoms with van der Waals surface area (Å²) in [4.78, 5) is 27.9. The molecule has 0 saturated heterocycles. The monoisotopic (exact) mass is 467 g/mol. The summed E-state index contributed by atoms with van der Waals surface area (Å²) in [6.45, 7) is 0. The minimum atomic E-state index is -4.21. The minimum Gasteiger partial charge on any atom is -0.481 e. The van der Waals surface area contributed by atoms with Crippen molar-refractivity contribution in [1.82, 2.24) is 4.98 Å². The number of carbonyl (C=O) groups excluding carboxylic acids is 1. The average Bonchev–Trinajstić information content (AvgIpc) is 2.78. The van der Waals surface area contributed by atoms with E-state index in [0.29, 0.717) is 5.69 Å². The molecule has 0 fully saturated rings. The van der Waals surface area contributed by atoms with E-state index in [-0.39, 0.29) is 27.7 Å². The van der Waals surface area contributed by atoms with Crippen LogP contribution in [0.4, 0.5) is 11.4 Å². The summed E-state index contributed by atoms with van der Waals surface area (Å²) < 4.78 is 26.9. The van der Waals surface area contributed by atoms with Crippen LogP contribution in [0.25, 0.3) is 0 Å². The molecule has 170 valence electrons. The maximum atomic E-state index is 13.5. The molecule has 3 aromatic rings. The van der Waals surface area contributed by atoms with Crippen molar-refractivity contribution in [1.29, 1.82) is 5.41 Å². The van der Waals surface area contributed by atoms with E-state index in [2.05, 4.69) is 15.6 Å². The number of para-hydroxylation sites is 1. The Morgan fingerprint density at radius 3 is 2.33 bits per heavy atom. The number of nitrogens with two attached hydrogens (primary N) is 1. The fourth-order valence-corrected chi connectivity index (χ4v) is 5.02. The number of carboxylic acids is 1. The Balaban J connectivity index is 1.93. The van der Waals surface area contributed by atoms with E-state index >= 15 is 0 Å². The van der Waals surface area contributed by atoms with E-state index in [4.69, 9.17) is 11.1 Å². The first kappa shape index (κ1) is 23.4. The van der Waals surface area contributed by atoms with Crippen LogP contribution in [-0.2, 0) is 14.6 Å². The standard InChI is InChI=1S/C22H21N5O5S/c23-22(24)26-16-9-7-14(8-10-16)21(30)27-17-5-1-2-6-18(17)33(31,32)19(12-20(28)29)15-4-3-11-25-13-15/h1-11,13,19H,12H2,(H,27,30)(H,28,29)(H4,23,24,26). The number of sulfone groups is 1. The first-order valence-corrected chi connectivity index (χ1v) is 11.2. The van der Waals surface area contributed by atoms with Crippen LogP contribution in [0, 0.1) is 5.41 Å². The third kappa shape index (κ3) is 5.71. The van der Waals surface area contributed by atoms with E-state index in [1.165, 1.54) is 54.9 Å². The largest absolute Gasteiger partial charge is 0.481 e. The molecular formula is C22H21N5O5S. The van der Waals surface area contributed by atoms with Gasteiger partial charge < -0.3 is 21.5 Å². The lowest BCUT2D eigenvalue weighted by Gasteiger charge is -2.19. The molecule has 3 rings (SSSR count). The van der Waals surface area contributed by atoms with E-state index in [1.54, 1.807) is 18.2 Å². The molecule has 11 heteroatoms. The summed E-state index contributed by atoms with van der Waals surface area (Å²) in [5, 5.41) is 20.3. The van der Waals surface area contributed by atoms with E-state index < -0.39 is 33.4 Å². The average molecular weight is 468 g/mol. The second-order valence-corrected chi connectivity index (χ2v) is 9.08. The van der Waals surface area contributed by atoms with Gasteiger partial charge in [0.25, 0.3) is 5.91 Å². The van der Waals surface area contributed by atoms with Gasteiger partial charge in [-0.1, -0.05) is 18.2 Å². The van der Waals surface area contributed by atoms with Gasteiger partial charge in [-0.15, -0.1) is 0 Å². The van der Waals surface area contributed by atoms with Crippen LogP contribution in [0.3, 0.4) is 0 Å². The number of guanidine groups is 1. The van der Waals surface area contributed by atoms with Crippen LogP contribution >= 0.6 is 0 Å². The normalized spacial score (nSPS) is 11.9. The Morgan fingerprint density at radius 2 is 1.73 bits per heavy atom. The SMILES string of the molecule is N=C(N)Nc1ccc(C(=O)Nc2ccccc2S(=O)(=O)C(CC(=O)O)c2cccnc2)cc1. The Kier molecular flexibility index (Phi) is 7.04. The summed E-state index contributed by atoms with van der Waals surface area (Å²) >= 11 is 0. The summed E-state index contributed by atoms with van der Waals surface area (Å²) in [6, 6.07) is 14.9.